The molecule has 0 spiro atoms. The van der Waals surface area contributed by atoms with Gasteiger partial charge in [-0.15, -0.1) is 0 Å². The maximum atomic E-state index is 12.9. The molecule has 1 heterocycles. The van der Waals surface area contributed by atoms with E-state index in [2.05, 4.69) is 9.84 Å². The molecule has 2 fully saturated rings. The first-order chi connectivity index (χ1) is 14.6. The number of methoxy groups -OCH3 is 1. The number of imide groups is 1. The monoisotopic (exact) mass is 404 g/mol. The Morgan fingerprint density at radius 1 is 1.10 bits per heavy atom. The summed E-state index contributed by atoms with van der Waals surface area (Å²) < 4.78 is 10.3. The van der Waals surface area contributed by atoms with Crippen molar-refractivity contribution in [3.63, 3.8) is 0 Å². The van der Waals surface area contributed by atoms with E-state index >= 15 is 0 Å². The Labute approximate surface area is 172 Å². The fourth-order valence-corrected chi connectivity index (χ4v) is 4.85. The van der Waals surface area contributed by atoms with E-state index in [-0.39, 0.29) is 42.1 Å². The van der Waals surface area contributed by atoms with Crippen LogP contribution < -0.4 is 4.74 Å². The van der Waals surface area contributed by atoms with Gasteiger partial charge in [0, 0.05) is 5.56 Å². The Bertz CT molecular complexity index is 1090. The molecule has 0 radical (unpaired) electrons. The van der Waals surface area contributed by atoms with Crippen LogP contribution in [-0.4, -0.2) is 42.7 Å². The number of esters is 1. The highest BCUT2D eigenvalue weighted by atomic mass is 16.6. The third-order valence-electron chi connectivity index (χ3n) is 6.25. The van der Waals surface area contributed by atoms with Crippen molar-refractivity contribution in [2.75, 3.05) is 13.7 Å². The summed E-state index contributed by atoms with van der Waals surface area (Å²) in [5.41, 5.74) is 0.593. The van der Waals surface area contributed by atoms with Crippen LogP contribution in [0.1, 0.15) is 12.0 Å². The molecule has 3 aliphatic rings. The van der Waals surface area contributed by atoms with Gasteiger partial charge in [-0.3, -0.25) is 9.59 Å². The molecular formula is C23H20N2O5. The summed E-state index contributed by atoms with van der Waals surface area (Å²) in [6.07, 6.45) is 6.45. The van der Waals surface area contributed by atoms with E-state index in [0.29, 0.717) is 11.3 Å². The van der Waals surface area contributed by atoms with Crippen LogP contribution in [-0.2, 0) is 19.1 Å². The first-order valence-corrected chi connectivity index (χ1v) is 9.90. The fraction of sp³-hybridized carbons (Fsp3) is 0.304. The lowest BCUT2D eigenvalue weighted by molar-refractivity contribution is -0.143. The first-order valence-electron chi connectivity index (χ1n) is 9.90. The molecule has 2 amide bonds. The van der Waals surface area contributed by atoms with Gasteiger partial charge in [-0.05, 0) is 35.1 Å². The van der Waals surface area contributed by atoms with Crippen molar-refractivity contribution in [2.24, 2.45) is 28.8 Å². The van der Waals surface area contributed by atoms with E-state index in [1.165, 1.54) is 13.3 Å². The second-order valence-electron chi connectivity index (χ2n) is 7.80. The summed E-state index contributed by atoms with van der Waals surface area (Å²) in [4.78, 5) is 37.3. The van der Waals surface area contributed by atoms with Gasteiger partial charge in [0.15, 0.2) is 6.61 Å². The highest BCUT2D eigenvalue weighted by molar-refractivity contribution is 6.08. The second-order valence-corrected chi connectivity index (χ2v) is 7.80. The van der Waals surface area contributed by atoms with E-state index in [1.54, 1.807) is 6.07 Å². The van der Waals surface area contributed by atoms with E-state index < -0.39 is 5.97 Å². The summed E-state index contributed by atoms with van der Waals surface area (Å²) in [6, 6.07) is 11.2. The Balaban J connectivity index is 1.48. The summed E-state index contributed by atoms with van der Waals surface area (Å²) in [5.74, 6) is -0.901. The fourth-order valence-electron chi connectivity index (χ4n) is 4.85. The highest BCUT2D eigenvalue weighted by Gasteiger charge is 2.59. The van der Waals surface area contributed by atoms with E-state index in [4.69, 9.17) is 4.74 Å². The van der Waals surface area contributed by atoms with Gasteiger partial charge in [0.1, 0.15) is 5.75 Å². The van der Waals surface area contributed by atoms with Crippen LogP contribution in [0.2, 0.25) is 0 Å². The molecule has 4 atom stereocenters. The van der Waals surface area contributed by atoms with Crippen LogP contribution in [0.4, 0.5) is 0 Å². The first kappa shape index (κ1) is 18.5. The number of rotatable bonds is 5. The lowest BCUT2D eigenvalue weighted by Crippen LogP contribution is -2.28. The number of hydrogen-bond acceptors (Lipinski definition) is 6. The highest BCUT2D eigenvalue weighted by Crippen LogP contribution is 2.52. The lowest BCUT2D eigenvalue weighted by Gasteiger charge is -2.13. The van der Waals surface area contributed by atoms with Gasteiger partial charge in [-0.2, -0.15) is 10.1 Å². The normalized spacial score (nSPS) is 26.8. The van der Waals surface area contributed by atoms with Gasteiger partial charge >= 0.3 is 5.97 Å². The average molecular weight is 404 g/mol. The van der Waals surface area contributed by atoms with Crippen molar-refractivity contribution in [3.05, 3.63) is 54.1 Å². The molecule has 0 N–H and O–H groups in total. The molecule has 2 aliphatic carbocycles. The van der Waals surface area contributed by atoms with Crippen LogP contribution in [0.15, 0.2) is 53.7 Å². The molecule has 5 rings (SSSR count). The molecule has 1 saturated carbocycles. The Kier molecular flexibility index (Phi) is 4.38. The summed E-state index contributed by atoms with van der Waals surface area (Å²) in [7, 11) is 1.29. The van der Waals surface area contributed by atoms with Crippen LogP contribution in [0.5, 0.6) is 5.75 Å². The molecule has 0 aromatic heterocycles. The second kappa shape index (κ2) is 7.09. The summed E-state index contributed by atoms with van der Waals surface area (Å²) >= 11 is 0. The van der Waals surface area contributed by atoms with Gasteiger partial charge in [0.2, 0.25) is 0 Å². The van der Waals surface area contributed by atoms with E-state index in [1.807, 2.05) is 42.5 Å². The maximum Gasteiger partial charge on any atom is 0.343 e. The van der Waals surface area contributed by atoms with E-state index in [9.17, 15) is 14.4 Å². The molecule has 30 heavy (non-hydrogen) atoms. The SMILES string of the molecule is COC(=O)COc1ccc2ccccc2c1C=NN1C(=O)C2C3C=CC(C3)C2C1=O. The third kappa shape index (κ3) is 2.81. The number of amides is 2. The zero-order chi connectivity index (χ0) is 20.8. The van der Waals surface area contributed by atoms with Crippen LogP contribution in [0.3, 0.4) is 0 Å². The number of hydrogen-bond donors (Lipinski definition) is 0. The molecule has 7 nitrogen and oxygen atoms in total. The summed E-state index contributed by atoms with van der Waals surface area (Å²) in [6.45, 7) is -0.254. The Morgan fingerprint density at radius 3 is 2.50 bits per heavy atom. The standard InChI is InChI=1S/C23H20N2O5/c1-29-19(26)12-30-18-9-8-13-4-2-3-5-16(13)17(18)11-24-25-22(27)20-14-6-7-15(10-14)21(20)23(25)28/h2-9,11,14-15,20-21H,10,12H2,1H3. The molecule has 1 saturated heterocycles. The van der Waals surface area contributed by atoms with Crippen molar-refractivity contribution >= 4 is 34.8 Å². The zero-order valence-corrected chi connectivity index (χ0v) is 16.4. The number of hydrazone groups is 1. The molecule has 4 unspecified atom stereocenters. The minimum absolute atomic E-state index is 0.133. The number of benzene rings is 2. The molecule has 2 aromatic carbocycles. The minimum Gasteiger partial charge on any atom is -0.481 e. The van der Waals surface area contributed by atoms with E-state index in [0.717, 1.165) is 22.2 Å². The van der Waals surface area contributed by atoms with Crippen LogP contribution in [0.25, 0.3) is 10.8 Å². The van der Waals surface area contributed by atoms with Gasteiger partial charge in [-0.25, -0.2) is 4.79 Å². The Morgan fingerprint density at radius 2 is 1.80 bits per heavy atom. The van der Waals surface area contributed by atoms with Crippen LogP contribution in [0, 0.1) is 23.7 Å². The topological polar surface area (TPSA) is 85.3 Å². The number of carbonyl (C=O) groups is 3. The quantitative estimate of drug-likeness (QED) is 0.331. The third-order valence-corrected chi connectivity index (χ3v) is 6.25. The molecular weight excluding hydrogens is 384 g/mol. The number of carbonyl (C=O) groups excluding carboxylic acids is 3. The van der Waals surface area contributed by atoms with Gasteiger partial charge in [0.05, 0.1) is 25.2 Å². The summed E-state index contributed by atoms with van der Waals surface area (Å²) in [5, 5.41) is 7.07. The molecule has 2 aromatic rings. The number of ether oxygens (including phenoxy) is 2. The average Bonchev–Trinajstić information content (AvgIpc) is 3.45. The number of nitrogens with zero attached hydrogens (tertiary/aromatic N) is 2. The maximum absolute atomic E-state index is 12.9. The smallest absolute Gasteiger partial charge is 0.343 e. The van der Waals surface area contributed by atoms with Gasteiger partial charge < -0.3 is 9.47 Å². The molecule has 7 heteroatoms. The lowest BCUT2D eigenvalue weighted by atomic mass is 9.85. The van der Waals surface area contributed by atoms with Crippen molar-refractivity contribution < 1.29 is 23.9 Å². The largest absolute Gasteiger partial charge is 0.481 e. The van der Waals surface area contributed by atoms with Gasteiger partial charge in [-0.1, -0.05) is 42.5 Å². The minimum atomic E-state index is -0.508. The Hall–Kier alpha value is -3.48. The number of fused-ring (bicyclic) bond motifs is 6. The number of allylic oxidation sites excluding steroid dienone is 2. The van der Waals surface area contributed by atoms with Crippen molar-refractivity contribution in [3.8, 4) is 5.75 Å². The predicted octanol–water partition coefficient (Wildman–Crippen LogP) is 2.53. The molecule has 1 aliphatic heterocycles. The van der Waals surface area contributed by atoms with Crippen molar-refractivity contribution in [1.82, 2.24) is 5.01 Å². The zero-order valence-electron chi connectivity index (χ0n) is 16.4. The predicted molar refractivity (Wildman–Crippen MR) is 109 cm³/mol. The van der Waals surface area contributed by atoms with Crippen molar-refractivity contribution in [1.29, 1.82) is 0 Å². The molecule has 152 valence electrons. The van der Waals surface area contributed by atoms with Crippen LogP contribution >= 0.6 is 0 Å². The van der Waals surface area contributed by atoms with Crippen molar-refractivity contribution in [2.45, 2.75) is 6.42 Å². The molecule has 2 bridgehead atoms. The van der Waals surface area contributed by atoms with Gasteiger partial charge in [0.25, 0.3) is 11.8 Å².